The van der Waals surface area contributed by atoms with Crippen molar-refractivity contribution >= 4 is 30.1 Å². The molecule has 0 heterocycles. The lowest BCUT2D eigenvalue weighted by Gasteiger charge is -2.05. The molecule has 1 aliphatic rings. The quantitative estimate of drug-likeness (QED) is 0.510. The topological polar surface area (TPSA) is 0 Å². The Balaban J connectivity index is 2.53. The number of halogens is 1. The molecule has 0 spiro atoms. The molecule has 0 saturated carbocycles. The SMILES string of the molecule is CC1=CC(C)CC1SI. The first-order chi connectivity index (χ1) is 4.24. The molecule has 52 valence electrons. The van der Waals surface area contributed by atoms with Crippen molar-refractivity contribution in [2.24, 2.45) is 5.92 Å². The smallest absolute Gasteiger partial charge is 0.0359 e. The van der Waals surface area contributed by atoms with Gasteiger partial charge in [0.15, 0.2) is 0 Å². The Morgan fingerprint density at radius 2 is 2.44 bits per heavy atom. The van der Waals surface area contributed by atoms with Gasteiger partial charge in [-0.2, -0.15) is 0 Å². The first kappa shape index (κ1) is 7.92. The van der Waals surface area contributed by atoms with Crippen LogP contribution in [0.25, 0.3) is 0 Å². The third-order valence-electron chi connectivity index (χ3n) is 1.75. The van der Waals surface area contributed by atoms with Crippen molar-refractivity contribution in [1.82, 2.24) is 0 Å². The van der Waals surface area contributed by atoms with Gasteiger partial charge in [-0.05, 0) is 40.5 Å². The highest BCUT2D eigenvalue weighted by Crippen LogP contribution is 2.36. The molecule has 0 aliphatic heterocycles. The lowest BCUT2D eigenvalue weighted by atomic mass is 10.2. The minimum Gasteiger partial charge on any atom is -0.0816 e. The van der Waals surface area contributed by atoms with Crippen LogP contribution in [0.4, 0.5) is 0 Å². The molecule has 0 nitrogen and oxygen atoms in total. The molecule has 2 heteroatoms. The molecule has 0 bridgehead atoms. The van der Waals surface area contributed by atoms with Gasteiger partial charge in [-0.3, -0.25) is 0 Å². The third-order valence-corrected chi connectivity index (χ3v) is 4.37. The van der Waals surface area contributed by atoms with Crippen LogP contribution < -0.4 is 0 Å². The van der Waals surface area contributed by atoms with Crippen LogP contribution in [0.2, 0.25) is 0 Å². The van der Waals surface area contributed by atoms with Crippen LogP contribution in [-0.4, -0.2) is 5.25 Å². The van der Waals surface area contributed by atoms with E-state index in [9.17, 15) is 0 Å². The van der Waals surface area contributed by atoms with Crippen LogP contribution >= 0.6 is 30.1 Å². The number of rotatable bonds is 1. The van der Waals surface area contributed by atoms with E-state index in [1.807, 2.05) is 8.93 Å². The Morgan fingerprint density at radius 3 is 2.67 bits per heavy atom. The maximum absolute atomic E-state index is 2.39. The second-order valence-electron chi connectivity index (χ2n) is 2.70. The molecular formula is C7H11IS. The zero-order valence-electron chi connectivity index (χ0n) is 5.73. The molecule has 0 amide bonds. The lowest BCUT2D eigenvalue weighted by Crippen LogP contribution is -1.96. The van der Waals surface area contributed by atoms with Crippen molar-refractivity contribution in [3.8, 4) is 0 Å². The van der Waals surface area contributed by atoms with E-state index in [1.54, 1.807) is 5.57 Å². The number of hydrogen-bond donors (Lipinski definition) is 0. The van der Waals surface area contributed by atoms with Gasteiger partial charge < -0.3 is 0 Å². The van der Waals surface area contributed by atoms with Crippen molar-refractivity contribution in [3.05, 3.63) is 11.6 Å². The summed E-state index contributed by atoms with van der Waals surface area (Å²) < 4.78 is 0. The van der Waals surface area contributed by atoms with Crippen LogP contribution in [0.1, 0.15) is 20.3 Å². The molecular weight excluding hydrogens is 243 g/mol. The highest BCUT2D eigenvalue weighted by Gasteiger charge is 2.19. The molecule has 1 aliphatic carbocycles. The highest BCUT2D eigenvalue weighted by atomic mass is 127. The average Bonchev–Trinajstić information content (AvgIpc) is 2.10. The van der Waals surface area contributed by atoms with Gasteiger partial charge in [-0.25, -0.2) is 0 Å². The van der Waals surface area contributed by atoms with Crippen molar-refractivity contribution in [3.63, 3.8) is 0 Å². The monoisotopic (exact) mass is 254 g/mol. The fourth-order valence-corrected chi connectivity index (χ4v) is 3.68. The predicted octanol–water partition coefficient (Wildman–Crippen LogP) is 3.42. The van der Waals surface area contributed by atoms with Crippen LogP contribution in [0.15, 0.2) is 11.6 Å². The number of allylic oxidation sites excluding steroid dienone is 1. The fourth-order valence-electron chi connectivity index (χ4n) is 1.25. The zero-order valence-corrected chi connectivity index (χ0v) is 8.70. The van der Waals surface area contributed by atoms with E-state index in [-0.39, 0.29) is 0 Å². The molecule has 0 aromatic carbocycles. The van der Waals surface area contributed by atoms with Crippen molar-refractivity contribution in [1.29, 1.82) is 0 Å². The summed E-state index contributed by atoms with van der Waals surface area (Å²) in [5, 5.41) is 0.806. The Hall–Kier alpha value is 0.820. The molecule has 2 unspecified atom stereocenters. The van der Waals surface area contributed by atoms with Crippen molar-refractivity contribution in [2.75, 3.05) is 0 Å². The summed E-state index contributed by atoms with van der Waals surface area (Å²) in [5.41, 5.74) is 1.57. The molecule has 0 fully saturated rings. The van der Waals surface area contributed by atoms with E-state index in [0.29, 0.717) is 0 Å². The number of hydrogen-bond acceptors (Lipinski definition) is 1. The molecule has 0 N–H and O–H groups in total. The summed E-state index contributed by atoms with van der Waals surface area (Å²) in [6.45, 7) is 4.52. The summed E-state index contributed by atoms with van der Waals surface area (Å²) in [6, 6.07) is 0. The maximum atomic E-state index is 2.39. The van der Waals surface area contributed by atoms with Gasteiger partial charge in [0.05, 0.1) is 0 Å². The van der Waals surface area contributed by atoms with Gasteiger partial charge >= 0.3 is 0 Å². The Bertz CT molecular complexity index is 131. The van der Waals surface area contributed by atoms with Gasteiger partial charge in [0, 0.05) is 5.25 Å². The Kier molecular flexibility index (Phi) is 2.89. The summed E-state index contributed by atoms with van der Waals surface area (Å²) in [6.07, 6.45) is 3.73. The van der Waals surface area contributed by atoms with E-state index < -0.39 is 0 Å². The average molecular weight is 254 g/mol. The van der Waals surface area contributed by atoms with Gasteiger partial charge in [-0.15, -0.1) is 0 Å². The summed E-state index contributed by atoms with van der Waals surface area (Å²) >= 11 is 2.39. The van der Waals surface area contributed by atoms with E-state index in [0.717, 1.165) is 11.2 Å². The fraction of sp³-hybridized carbons (Fsp3) is 0.714. The lowest BCUT2D eigenvalue weighted by molar-refractivity contribution is 0.708. The van der Waals surface area contributed by atoms with Crippen LogP contribution in [0.5, 0.6) is 0 Å². The van der Waals surface area contributed by atoms with Crippen LogP contribution in [-0.2, 0) is 0 Å². The van der Waals surface area contributed by atoms with Crippen LogP contribution in [0, 0.1) is 5.92 Å². The van der Waals surface area contributed by atoms with Gasteiger partial charge in [0.2, 0.25) is 0 Å². The molecule has 2 atom stereocenters. The maximum Gasteiger partial charge on any atom is 0.0359 e. The first-order valence-corrected chi connectivity index (χ1v) is 6.62. The minimum absolute atomic E-state index is 0.806. The first-order valence-electron chi connectivity index (χ1n) is 3.19. The largest absolute Gasteiger partial charge is 0.0816 e. The summed E-state index contributed by atoms with van der Waals surface area (Å²) in [7, 11) is 1.95. The standard InChI is InChI=1S/C7H11IS/c1-5-3-6(2)7(4-5)9-8/h3,5,7H,4H2,1-2H3. The molecule has 0 radical (unpaired) electrons. The minimum atomic E-state index is 0.806. The van der Waals surface area contributed by atoms with E-state index in [2.05, 4.69) is 41.1 Å². The molecule has 0 aromatic heterocycles. The second kappa shape index (κ2) is 3.28. The normalized spacial score (nSPS) is 34.8. The predicted molar refractivity (Wildman–Crippen MR) is 52.9 cm³/mol. The molecule has 0 saturated heterocycles. The third kappa shape index (κ3) is 1.87. The summed E-state index contributed by atoms with van der Waals surface area (Å²) in [4.78, 5) is 0. The zero-order chi connectivity index (χ0) is 6.85. The van der Waals surface area contributed by atoms with Gasteiger partial charge in [0.1, 0.15) is 0 Å². The second-order valence-corrected chi connectivity index (χ2v) is 4.97. The molecule has 0 aromatic rings. The van der Waals surface area contributed by atoms with Crippen molar-refractivity contribution < 1.29 is 0 Å². The summed E-state index contributed by atoms with van der Waals surface area (Å²) in [5.74, 6) is 0.817. The molecule has 9 heavy (non-hydrogen) atoms. The van der Waals surface area contributed by atoms with Crippen LogP contribution in [0.3, 0.4) is 0 Å². The molecule has 1 rings (SSSR count). The van der Waals surface area contributed by atoms with E-state index in [1.165, 1.54) is 6.42 Å². The van der Waals surface area contributed by atoms with E-state index in [4.69, 9.17) is 0 Å². The van der Waals surface area contributed by atoms with Gasteiger partial charge in [0.25, 0.3) is 0 Å². The Labute approximate surface area is 73.1 Å². The Morgan fingerprint density at radius 1 is 1.78 bits per heavy atom. The van der Waals surface area contributed by atoms with Crippen molar-refractivity contribution in [2.45, 2.75) is 25.5 Å². The van der Waals surface area contributed by atoms with E-state index >= 15 is 0 Å². The van der Waals surface area contributed by atoms with Gasteiger partial charge in [-0.1, -0.05) is 27.5 Å². The highest BCUT2D eigenvalue weighted by molar-refractivity contribution is 14.2.